The van der Waals surface area contributed by atoms with Crippen molar-refractivity contribution in [3.63, 3.8) is 0 Å². The molecular weight excluding hydrogens is 459 g/mol. The fraction of sp³-hybridized carbons (Fsp3) is 0.350. The number of fused-ring (bicyclic) bond motifs is 1. The quantitative estimate of drug-likeness (QED) is 0.653. The van der Waals surface area contributed by atoms with Crippen molar-refractivity contribution in [3.05, 3.63) is 51.1 Å². The minimum absolute atomic E-state index is 0.0214. The van der Waals surface area contributed by atoms with Gasteiger partial charge in [-0.3, -0.25) is 4.79 Å². The van der Waals surface area contributed by atoms with Crippen molar-refractivity contribution in [1.29, 1.82) is 0 Å². The number of nitrogens with zero attached hydrogens (tertiary/aromatic N) is 1. The third-order valence-electron chi connectivity index (χ3n) is 5.03. The maximum Gasteiger partial charge on any atom is 0.257 e. The molecule has 1 amide bonds. The summed E-state index contributed by atoms with van der Waals surface area (Å²) in [5.41, 5.74) is 2.32. The van der Waals surface area contributed by atoms with Crippen LogP contribution in [0.2, 0.25) is 0 Å². The number of carbonyl (C=O) groups is 1. The normalized spacial score (nSPS) is 21.7. The van der Waals surface area contributed by atoms with Crippen LogP contribution in [-0.2, 0) is 4.74 Å². The fourth-order valence-corrected chi connectivity index (χ4v) is 4.28. The summed E-state index contributed by atoms with van der Waals surface area (Å²) >= 11 is 2.07. The average Bonchev–Trinajstić information content (AvgIpc) is 3.19. The zero-order chi connectivity index (χ0) is 19.0. The van der Waals surface area contributed by atoms with E-state index in [0.29, 0.717) is 21.4 Å². The van der Waals surface area contributed by atoms with Crippen molar-refractivity contribution < 1.29 is 19.4 Å². The Balaban J connectivity index is 1.76. The number of phenols is 1. The number of ether oxygens (including phenoxy) is 2. The average molecular weight is 480 g/mol. The number of phenolic OH excluding ortho intramolecular Hbond substituents is 1. The van der Waals surface area contributed by atoms with E-state index in [1.807, 2.05) is 35.2 Å². The Morgan fingerprint density at radius 2 is 2.19 bits per heavy atom. The molecule has 2 aromatic carbocycles. The van der Waals surface area contributed by atoms with Crippen LogP contribution in [-0.4, -0.2) is 42.3 Å². The van der Waals surface area contributed by atoms with Crippen molar-refractivity contribution in [1.82, 2.24) is 4.90 Å². The van der Waals surface area contributed by atoms with Crippen molar-refractivity contribution >= 4 is 34.2 Å². The van der Waals surface area contributed by atoms with Gasteiger partial charge in [-0.15, -0.1) is 0 Å². The van der Waals surface area contributed by atoms with Gasteiger partial charge in [-0.1, -0.05) is 12.1 Å². The number of anilines is 1. The lowest BCUT2D eigenvalue weighted by Crippen LogP contribution is -2.46. The number of hydrogen-bond acceptors (Lipinski definition) is 5. The topological polar surface area (TPSA) is 71.0 Å². The Hall–Kier alpha value is -2.00. The Morgan fingerprint density at radius 1 is 1.37 bits per heavy atom. The first-order valence-corrected chi connectivity index (χ1v) is 10.0. The fourth-order valence-electron chi connectivity index (χ4n) is 3.66. The molecule has 142 valence electrons. The molecule has 0 aliphatic carbocycles. The van der Waals surface area contributed by atoms with E-state index in [4.69, 9.17) is 9.47 Å². The molecule has 0 unspecified atom stereocenters. The van der Waals surface area contributed by atoms with Gasteiger partial charge in [-0.05, 0) is 65.3 Å². The van der Waals surface area contributed by atoms with Crippen molar-refractivity contribution in [2.45, 2.75) is 25.1 Å². The molecule has 27 heavy (non-hydrogen) atoms. The molecule has 2 N–H and O–H groups in total. The summed E-state index contributed by atoms with van der Waals surface area (Å²) in [6, 6.07) is 11.2. The predicted octanol–water partition coefficient (Wildman–Crippen LogP) is 3.75. The highest BCUT2D eigenvalue weighted by Crippen LogP contribution is 2.39. The van der Waals surface area contributed by atoms with Crippen LogP contribution in [0.5, 0.6) is 11.5 Å². The van der Waals surface area contributed by atoms with Gasteiger partial charge in [0, 0.05) is 18.8 Å². The first kappa shape index (κ1) is 18.4. The van der Waals surface area contributed by atoms with Gasteiger partial charge in [-0.2, -0.15) is 0 Å². The molecule has 2 heterocycles. The molecule has 2 aromatic rings. The van der Waals surface area contributed by atoms with E-state index in [-0.39, 0.29) is 23.9 Å². The van der Waals surface area contributed by atoms with Crippen LogP contribution in [0.3, 0.4) is 0 Å². The van der Waals surface area contributed by atoms with Gasteiger partial charge >= 0.3 is 0 Å². The van der Waals surface area contributed by atoms with Crippen LogP contribution >= 0.6 is 22.6 Å². The van der Waals surface area contributed by atoms with Crippen LogP contribution < -0.4 is 10.1 Å². The molecule has 0 saturated carbocycles. The van der Waals surface area contributed by atoms with Gasteiger partial charge in [0.05, 0.1) is 22.3 Å². The van der Waals surface area contributed by atoms with Crippen molar-refractivity contribution in [2.24, 2.45) is 0 Å². The minimum Gasteiger partial charge on any atom is -0.504 e. The summed E-state index contributed by atoms with van der Waals surface area (Å²) in [5, 5.41) is 13.6. The van der Waals surface area contributed by atoms with Crippen molar-refractivity contribution in [3.8, 4) is 11.5 Å². The van der Waals surface area contributed by atoms with E-state index in [1.54, 1.807) is 6.07 Å². The second kappa shape index (κ2) is 7.55. The molecule has 6 nitrogen and oxygen atoms in total. The van der Waals surface area contributed by atoms with E-state index in [9.17, 15) is 9.90 Å². The monoisotopic (exact) mass is 480 g/mol. The molecule has 1 saturated heterocycles. The van der Waals surface area contributed by atoms with Gasteiger partial charge in [-0.25, -0.2) is 0 Å². The number of nitrogens with one attached hydrogen (secondary N) is 1. The molecule has 0 spiro atoms. The Labute approximate surface area is 171 Å². The number of carbonyl (C=O) groups excluding carboxylic acids is 1. The zero-order valence-electron chi connectivity index (χ0n) is 14.9. The van der Waals surface area contributed by atoms with Crippen LogP contribution in [0.25, 0.3) is 0 Å². The van der Waals surface area contributed by atoms with Gasteiger partial charge in [0.15, 0.2) is 11.5 Å². The minimum atomic E-state index is -0.361. The molecule has 2 aliphatic heterocycles. The van der Waals surface area contributed by atoms with Crippen LogP contribution in [0.1, 0.15) is 34.9 Å². The number of amides is 1. The highest BCUT2D eigenvalue weighted by molar-refractivity contribution is 14.1. The van der Waals surface area contributed by atoms with Crippen LogP contribution in [0.15, 0.2) is 36.4 Å². The molecule has 0 bridgehead atoms. The molecule has 0 radical (unpaired) electrons. The Bertz CT molecular complexity index is 867. The van der Waals surface area contributed by atoms with E-state index in [0.717, 1.165) is 30.7 Å². The molecular formula is C20H21IN2O4. The maximum absolute atomic E-state index is 13.2. The zero-order valence-corrected chi connectivity index (χ0v) is 17.1. The summed E-state index contributed by atoms with van der Waals surface area (Å²) in [7, 11) is 1.52. The summed E-state index contributed by atoms with van der Waals surface area (Å²) in [6.45, 7) is 1.26. The van der Waals surface area contributed by atoms with Gasteiger partial charge < -0.3 is 24.8 Å². The second-order valence-electron chi connectivity index (χ2n) is 6.74. The first-order valence-electron chi connectivity index (χ1n) is 8.93. The summed E-state index contributed by atoms with van der Waals surface area (Å²) in [5.74, 6) is 0.476. The standard InChI is InChI=1S/C20H21IN2O4/c1-26-17-10-12(9-15(21)18(17)24)19-22-16-7-3-2-6-14(16)20(25)23(19)11-13-5-4-8-27-13/h2-3,6-7,9-10,13,19,22,24H,4-5,8,11H2,1H3/t13-,19+/m0/s1. The number of benzene rings is 2. The lowest BCUT2D eigenvalue weighted by Gasteiger charge is -2.39. The molecule has 2 atom stereocenters. The lowest BCUT2D eigenvalue weighted by atomic mass is 10.0. The third kappa shape index (κ3) is 3.45. The second-order valence-corrected chi connectivity index (χ2v) is 7.90. The molecule has 0 aromatic heterocycles. The predicted molar refractivity (Wildman–Crippen MR) is 110 cm³/mol. The van der Waals surface area contributed by atoms with Gasteiger partial charge in [0.2, 0.25) is 0 Å². The summed E-state index contributed by atoms with van der Waals surface area (Å²) < 4.78 is 11.8. The van der Waals surface area contributed by atoms with Crippen LogP contribution in [0, 0.1) is 3.57 Å². The Kier molecular flexibility index (Phi) is 5.14. The SMILES string of the molecule is COc1cc([C@@H]2Nc3ccccc3C(=O)N2C[C@@H]2CCCO2)cc(I)c1O. The highest BCUT2D eigenvalue weighted by atomic mass is 127. The number of hydrogen-bond donors (Lipinski definition) is 2. The molecule has 7 heteroatoms. The van der Waals surface area contributed by atoms with Gasteiger partial charge in [0.1, 0.15) is 6.17 Å². The lowest BCUT2D eigenvalue weighted by molar-refractivity contribution is 0.0426. The smallest absolute Gasteiger partial charge is 0.257 e. The highest BCUT2D eigenvalue weighted by Gasteiger charge is 2.35. The molecule has 1 fully saturated rings. The van der Waals surface area contributed by atoms with Crippen molar-refractivity contribution in [2.75, 3.05) is 25.6 Å². The number of rotatable bonds is 4. The molecule has 2 aliphatic rings. The maximum atomic E-state index is 13.2. The first-order chi connectivity index (χ1) is 13.1. The third-order valence-corrected chi connectivity index (χ3v) is 5.86. The summed E-state index contributed by atoms with van der Waals surface area (Å²) in [4.78, 5) is 15.1. The van der Waals surface area contributed by atoms with E-state index < -0.39 is 0 Å². The largest absolute Gasteiger partial charge is 0.504 e. The number of aromatic hydroxyl groups is 1. The number of methoxy groups -OCH3 is 1. The van der Waals surface area contributed by atoms with Gasteiger partial charge in [0.25, 0.3) is 5.91 Å². The summed E-state index contributed by atoms with van der Waals surface area (Å²) in [6.07, 6.45) is 1.65. The van der Waals surface area contributed by atoms with E-state index in [1.165, 1.54) is 7.11 Å². The molecule has 4 rings (SSSR count). The van der Waals surface area contributed by atoms with Crippen LogP contribution in [0.4, 0.5) is 5.69 Å². The van der Waals surface area contributed by atoms with E-state index in [2.05, 4.69) is 27.9 Å². The Morgan fingerprint density at radius 3 is 2.93 bits per heavy atom. The van der Waals surface area contributed by atoms with E-state index >= 15 is 0 Å². The number of halogens is 1. The number of para-hydroxylation sites is 1.